The third kappa shape index (κ3) is 5.64. The fourth-order valence-corrected chi connectivity index (χ4v) is 5.46. The lowest BCUT2D eigenvalue weighted by Crippen LogP contribution is -2.38. The van der Waals surface area contributed by atoms with E-state index in [2.05, 4.69) is 10.3 Å². The number of ketones is 1. The van der Waals surface area contributed by atoms with Gasteiger partial charge in [0, 0.05) is 32.6 Å². The van der Waals surface area contributed by atoms with Crippen molar-refractivity contribution in [2.24, 2.45) is 0 Å². The molecule has 2 aliphatic rings. The van der Waals surface area contributed by atoms with Crippen LogP contribution in [0.3, 0.4) is 0 Å². The molecular weight excluding hydrogens is 510 g/mol. The lowest BCUT2D eigenvalue weighted by atomic mass is 10.0. The minimum absolute atomic E-state index is 0.0949. The van der Waals surface area contributed by atoms with Gasteiger partial charge in [0.25, 0.3) is 5.91 Å². The number of nitrogens with one attached hydrogen (secondary N) is 1. The molecule has 0 aliphatic carbocycles. The zero-order chi connectivity index (χ0) is 29.1. The number of hydrogen-bond donors (Lipinski definition) is 1. The van der Waals surface area contributed by atoms with Crippen LogP contribution < -0.4 is 20.0 Å². The third-order valence-electron chi connectivity index (χ3n) is 7.55. The van der Waals surface area contributed by atoms with Crippen molar-refractivity contribution in [2.45, 2.75) is 78.9 Å². The number of urea groups is 1. The smallest absolute Gasteiger partial charge is 0.332 e. The fraction of sp³-hybridized carbons (Fsp3) is 0.517. The zero-order valence-electron chi connectivity index (χ0n) is 24.2. The second-order valence-electron chi connectivity index (χ2n) is 10.5. The Morgan fingerprint density at radius 1 is 1.10 bits per heavy atom. The molecule has 0 saturated carbocycles. The van der Waals surface area contributed by atoms with Gasteiger partial charge in [0.15, 0.2) is 11.6 Å². The molecule has 3 heterocycles. The summed E-state index contributed by atoms with van der Waals surface area (Å²) in [5, 5.41) is 3.29. The number of imide groups is 1. The third-order valence-corrected chi connectivity index (χ3v) is 7.55. The number of amides is 4. The van der Waals surface area contributed by atoms with Crippen LogP contribution in [0.4, 0.5) is 27.9 Å². The molecule has 11 heteroatoms. The van der Waals surface area contributed by atoms with E-state index in [4.69, 9.17) is 4.98 Å². The predicted molar refractivity (Wildman–Crippen MR) is 155 cm³/mol. The number of rotatable bonds is 11. The molecule has 0 bridgehead atoms. The van der Waals surface area contributed by atoms with E-state index in [-0.39, 0.29) is 35.7 Å². The Morgan fingerprint density at radius 3 is 2.33 bits per heavy atom. The number of carbonyl (C=O) groups is 4. The van der Waals surface area contributed by atoms with E-state index < -0.39 is 6.04 Å². The highest BCUT2D eigenvalue weighted by molar-refractivity contribution is 6.21. The molecule has 0 unspecified atom stereocenters. The minimum Gasteiger partial charge on any atom is -0.358 e. The van der Waals surface area contributed by atoms with Crippen LogP contribution in [-0.2, 0) is 20.8 Å². The first-order chi connectivity index (χ1) is 19.1. The van der Waals surface area contributed by atoms with Crippen molar-refractivity contribution < 1.29 is 19.2 Å². The highest BCUT2D eigenvalue weighted by atomic mass is 16.2. The first kappa shape index (κ1) is 29.0. The largest absolute Gasteiger partial charge is 0.358 e. The minimum atomic E-state index is -0.634. The van der Waals surface area contributed by atoms with Gasteiger partial charge in [-0.3, -0.25) is 14.4 Å². The number of carbonyl (C=O) groups excluding carboxylic acids is 4. The predicted octanol–water partition coefficient (Wildman–Crippen LogP) is 3.63. The van der Waals surface area contributed by atoms with Gasteiger partial charge in [-0.15, -0.1) is 0 Å². The highest BCUT2D eigenvalue weighted by Crippen LogP contribution is 2.32. The molecule has 1 N–H and O–H groups in total. The molecule has 11 nitrogen and oxygen atoms in total. The maximum atomic E-state index is 12.8. The standard InChI is InChI=1S/C29H39N7O4/c1-7-33(8-2)28-30-17-25(35(18(3)4)20(6)38)26(32-28)31-23(19(5)37)16-21-11-13-22(14-12-21)36-27(39)24-10-9-15-34(24)29(36)40/h11-14,17-18,23-24H,7-10,15-16H2,1-6H3,(H,30,31,32)/t23-,24+/m0/s1. The molecule has 2 fully saturated rings. The summed E-state index contributed by atoms with van der Waals surface area (Å²) in [4.78, 5) is 66.7. The van der Waals surface area contributed by atoms with Gasteiger partial charge < -0.3 is 20.0 Å². The quantitative estimate of drug-likeness (QED) is 0.422. The second kappa shape index (κ2) is 12.0. The Balaban J connectivity index is 1.60. The van der Waals surface area contributed by atoms with Gasteiger partial charge in [0.1, 0.15) is 11.7 Å². The van der Waals surface area contributed by atoms with Crippen molar-refractivity contribution in [3.05, 3.63) is 36.0 Å². The molecule has 40 heavy (non-hydrogen) atoms. The molecule has 214 valence electrons. The van der Waals surface area contributed by atoms with Gasteiger partial charge in [-0.2, -0.15) is 4.98 Å². The molecule has 0 spiro atoms. The van der Waals surface area contributed by atoms with Crippen LogP contribution in [-0.4, -0.2) is 76.3 Å². The number of aromatic nitrogens is 2. The van der Waals surface area contributed by atoms with Crippen LogP contribution in [0.15, 0.2) is 30.5 Å². The normalized spacial score (nSPS) is 17.3. The maximum absolute atomic E-state index is 12.8. The van der Waals surface area contributed by atoms with Crippen molar-refractivity contribution in [1.29, 1.82) is 0 Å². The number of hydrogen-bond acceptors (Lipinski definition) is 8. The Kier molecular flexibility index (Phi) is 8.70. The monoisotopic (exact) mass is 549 g/mol. The van der Waals surface area contributed by atoms with E-state index in [1.165, 1.54) is 18.7 Å². The molecule has 2 atom stereocenters. The highest BCUT2D eigenvalue weighted by Gasteiger charge is 2.47. The van der Waals surface area contributed by atoms with Gasteiger partial charge in [0.2, 0.25) is 11.9 Å². The van der Waals surface area contributed by atoms with Crippen LogP contribution >= 0.6 is 0 Å². The Hall–Kier alpha value is -4.02. The number of nitrogens with zero attached hydrogens (tertiary/aromatic N) is 6. The van der Waals surface area contributed by atoms with Crippen molar-refractivity contribution >= 4 is 46.8 Å². The molecule has 1 aromatic carbocycles. The van der Waals surface area contributed by atoms with Crippen LogP contribution in [0.2, 0.25) is 0 Å². The van der Waals surface area contributed by atoms with E-state index in [1.807, 2.05) is 44.7 Å². The molecule has 2 aromatic rings. The number of fused-ring (bicyclic) bond motifs is 1. The molecule has 0 radical (unpaired) electrons. The molecule has 2 aliphatic heterocycles. The number of Topliss-reactive ketones (excluding diaryl/α,β-unsaturated/α-hetero) is 1. The first-order valence-corrected chi connectivity index (χ1v) is 14.0. The van der Waals surface area contributed by atoms with E-state index >= 15 is 0 Å². The van der Waals surface area contributed by atoms with Crippen molar-refractivity contribution in [1.82, 2.24) is 14.9 Å². The summed E-state index contributed by atoms with van der Waals surface area (Å²) in [6, 6.07) is 5.74. The zero-order valence-corrected chi connectivity index (χ0v) is 24.2. The van der Waals surface area contributed by atoms with E-state index in [9.17, 15) is 19.2 Å². The summed E-state index contributed by atoms with van der Waals surface area (Å²) in [6.07, 6.45) is 3.52. The SMILES string of the molecule is CCN(CC)c1ncc(N(C(C)=O)C(C)C)c(N[C@@H](Cc2ccc(N3C(=O)[C@H]4CCCN4C3=O)cc2)C(C)=O)n1. The van der Waals surface area contributed by atoms with Crippen LogP contribution in [0.25, 0.3) is 0 Å². The van der Waals surface area contributed by atoms with Crippen molar-refractivity contribution in [3.63, 3.8) is 0 Å². The fourth-order valence-electron chi connectivity index (χ4n) is 5.46. The van der Waals surface area contributed by atoms with Crippen LogP contribution in [0, 0.1) is 0 Å². The summed E-state index contributed by atoms with van der Waals surface area (Å²) >= 11 is 0. The summed E-state index contributed by atoms with van der Waals surface area (Å²) in [6.45, 7) is 12.9. The lowest BCUT2D eigenvalue weighted by molar-refractivity contribution is -0.119. The molecule has 4 rings (SSSR count). The van der Waals surface area contributed by atoms with Crippen molar-refractivity contribution in [3.8, 4) is 0 Å². The number of anilines is 4. The van der Waals surface area contributed by atoms with Gasteiger partial charge in [-0.25, -0.2) is 14.7 Å². The van der Waals surface area contributed by atoms with Gasteiger partial charge in [-0.1, -0.05) is 12.1 Å². The molecule has 2 saturated heterocycles. The topological polar surface area (TPSA) is 119 Å². The Bertz CT molecular complexity index is 1250. The lowest BCUT2D eigenvalue weighted by Gasteiger charge is -2.29. The molecule has 4 amide bonds. The van der Waals surface area contributed by atoms with Crippen LogP contribution in [0.5, 0.6) is 0 Å². The average Bonchev–Trinajstić information content (AvgIpc) is 3.49. The van der Waals surface area contributed by atoms with Gasteiger partial charge in [0.05, 0.1) is 17.9 Å². The first-order valence-electron chi connectivity index (χ1n) is 14.0. The Labute approximate surface area is 235 Å². The summed E-state index contributed by atoms with van der Waals surface area (Å²) in [5.74, 6) is 0.488. The van der Waals surface area contributed by atoms with E-state index in [1.54, 1.807) is 28.1 Å². The Morgan fingerprint density at radius 2 is 1.77 bits per heavy atom. The number of benzene rings is 1. The van der Waals surface area contributed by atoms with Crippen molar-refractivity contribution in [2.75, 3.05) is 39.7 Å². The van der Waals surface area contributed by atoms with Gasteiger partial charge >= 0.3 is 6.03 Å². The van der Waals surface area contributed by atoms with E-state index in [0.29, 0.717) is 55.6 Å². The van der Waals surface area contributed by atoms with E-state index in [0.717, 1.165) is 12.0 Å². The average molecular weight is 550 g/mol. The maximum Gasteiger partial charge on any atom is 0.332 e. The summed E-state index contributed by atoms with van der Waals surface area (Å²) in [5.41, 5.74) is 1.88. The second-order valence-corrected chi connectivity index (χ2v) is 10.5. The van der Waals surface area contributed by atoms with Crippen LogP contribution in [0.1, 0.15) is 59.9 Å². The molecular formula is C29H39N7O4. The van der Waals surface area contributed by atoms with Gasteiger partial charge in [-0.05, 0) is 71.6 Å². The molecule has 1 aromatic heterocycles. The summed E-state index contributed by atoms with van der Waals surface area (Å²) < 4.78 is 0. The summed E-state index contributed by atoms with van der Waals surface area (Å²) in [7, 11) is 0.